The fourth-order valence-corrected chi connectivity index (χ4v) is 4.62. The third-order valence-electron chi connectivity index (χ3n) is 7.09. The molecule has 0 bridgehead atoms. The summed E-state index contributed by atoms with van der Waals surface area (Å²) in [6, 6.07) is 7.11. The molecule has 1 fully saturated rings. The van der Waals surface area contributed by atoms with Gasteiger partial charge in [-0.15, -0.1) is 0 Å². The van der Waals surface area contributed by atoms with Gasteiger partial charge >= 0.3 is 0 Å². The molecular weight excluding hydrogens is 444 g/mol. The number of nitrogens with one attached hydrogen (secondary N) is 2. The predicted octanol–water partition coefficient (Wildman–Crippen LogP) is 3.11. The average molecular weight is 477 g/mol. The number of hydrogen-bond acceptors (Lipinski definition) is 6. The Morgan fingerprint density at radius 3 is 2.46 bits per heavy atom. The normalized spacial score (nSPS) is 24.1. The molecule has 4 rings (SSSR count). The average Bonchev–Trinajstić information content (AvgIpc) is 3.16. The minimum atomic E-state index is -1.14. The number of hydrogen-bond donors (Lipinski definition) is 3. The summed E-state index contributed by atoms with van der Waals surface area (Å²) in [6.45, 7) is 6.46. The number of hydrazine groups is 1. The van der Waals surface area contributed by atoms with Gasteiger partial charge in [0.15, 0.2) is 0 Å². The van der Waals surface area contributed by atoms with Crippen LogP contribution in [0.4, 0.5) is 5.69 Å². The van der Waals surface area contributed by atoms with Crippen molar-refractivity contribution in [1.82, 2.24) is 15.2 Å². The summed E-state index contributed by atoms with van der Waals surface area (Å²) < 4.78 is 7.96. The smallest absolute Gasteiger partial charge is 0.250 e. The zero-order valence-electron chi connectivity index (χ0n) is 20.5. The van der Waals surface area contributed by atoms with Gasteiger partial charge in [-0.1, -0.05) is 25.5 Å². The number of carbonyl (C=O) groups is 2. The molecule has 2 amide bonds. The Morgan fingerprint density at radius 1 is 1.14 bits per heavy atom. The number of nitrogens with two attached hydrogens (primary N) is 1. The van der Waals surface area contributed by atoms with Crippen LogP contribution in [0.2, 0.25) is 0 Å². The molecule has 1 aromatic carbocycles. The van der Waals surface area contributed by atoms with Crippen LogP contribution in [0.3, 0.4) is 0 Å². The van der Waals surface area contributed by atoms with Crippen molar-refractivity contribution in [3.05, 3.63) is 65.7 Å². The lowest BCUT2D eigenvalue weighted by Crippen LogP contribution is -2.45. The number of nitrogens with zero attached hydrogens (tertiary/aromatic N) is 3. The van der Waals surface area contributed by atoms with Gasteiger partial charge in [0.2, 0.25) is 11.8 Å². The molecular formula is C26H32N6O3. The predicted molar refractivity (Wildman–Crippen MR) is 134 cm³/mol. The molecule has 1 saturated carbocycles. The second-order valence-electron chi connectivity index (χ2n) is 9.29. The van der Waals surface area contributed by atoms with Gasteiger partial charge in [0.25, 0.3) is 0 Å². The van der Waals surface area contributed by atoms with E-state index in [2.05, 4.69) is 28.8 Å². The van der Waals surface area contributed by atoms with E-state index in [1.165, 1.54) is 5.57 Å². The summed E-state index contributed by atoms with van der Waals surface area (Å²) in [7, 11) is 1.87. The van der Waals surface area contributed by atoms with Crippen molar-refractivity contribution in [2.75, 3.05) is 11.9 Å². The number of benzene rings is 1. The minimum absolute atomic E-state index is 0.0859. The number of carbonyl (C=O) groups excluding carboxylic acids is 2. The van der Waals surface area contributed by atoms with Crippen LogP contribution in [0.5, 0.6) is 5.75 Å². The summed E-state index contributed by atoms with van der Waals surface area (Å²) >= 11 is 0. The van der Waals surface area contributed by atoms with Crippen molar-refractivity contribution in [3.8, 4) is 5.75 Å². The maximum Gasteiger partial charge on any atom is 0.250 e. The van der Waals surface area contributed by atoms with E-state index in [-0.39, 0.29) is 17.7 Å². The van der Waals surface area contributed by atoms with E-state index < -0.39 is 11.3 Å². The Morgan fingerprint density at radius 2 is 1.86 bits per heavy atom. The van der Waals surface area contributed by atoms with E-state index in [4.69, 9.17) is 15.6 Å². The highest BCUT2D eigenvalue weighted by Gasteiger charge is 2.69. The summed E-state index contributed by atoms with van der Waals surface area (Å²) in [5.74, 6) is 5.78. The lowest BCUT2D eigenvalue weighted by Gasteiger charge is -2.16. The molecule has 9 heteroatoms. The van der Waals surface area contributed by atoms with Crippen molar-refractivity contribution in [1.29, 1.82) is 0 Å². The van der Waals surface area contributed by atoms with Gasteiger partial charge < -0.3 is 10.1 Å². The van der Waals surface area contributed by atoms with Crippen LogP contribution in [0, 0.1) is 17.3 Å². The van der Waals surface area contributed by atoms with Crippen LogP contribution in [0.25, 0.3) is 0 Å². The first kappa shape index (κ1) is 24.4. The zero-order chi connectivity index (χ0) is 25.2. The van der Waals surface area contributed by atoms with Crippen LogP contribution in [0.15, 0.2) is 65.1 Å². The Bertz CT molecular complexity index is 1200. The first-order chi connectivity index (χ1) is 16.7. The monoisotopic (exact) mass is 476 g/mol. The number of aliphatic imine (C=N–C) groups is 1. The van der Waals surface area contributed by atoms with E-state index in [1.54, 1.807) is 35.1 Å². The van der Waals surface area contributed by atoms with E-state index in [0.29, 0.717) is 18.0 Å². The third kappa shape index (κ3) is 4.90. The lowest BCUT2D eigenvalue weighted by atomic mass is 10.00. The van der Waals surface area contributed by atoms with Gasteiger partial charge in [-0.2, -0.15) is 5.10 Å². The topological polar surface area (TPSA) is 124 Å². The maximum absolute atomic E-state index is 12.9. The minimum Gasteiger partial charge on any atom is -0.462 e. The molecule has 0 radical (unpaired) electrons. The number of aryl methyl sites for hydroxylation is 1. The molecule has 2 unspecified atom stereocenters. The van der Waals surface area contributed by atoms with E-state index in [9.17, 15) is 9.59 Å². The number of ether oxygens (including phenoxy) is 1. The largest absolute Gasteiger partial charge is 0.462 e. The molecule has 2 aliphatic rings. The Kier molecular flexibility index (Phi) is 6.88. The van der Waals surface area contributed by atoms with Crippen LogP contribution >= 0.6 is 0 Å². The van der Waals surface area contributed by atoms with Crippen molar-refractivity contribution < 1.29 is 14.3 Å². The highest BCUT2D eigenvalue weighted by molar-refractivity contribution is 6.14. The molecule has 2 atom stereocenters. The third-order valence-corrected chi connectivity index (χ3v) is 7.09. The molecule has 1 aliphatic carbocycles. The first-order valence-corrected chi connectivity index (χ1v) is 11.8. The van der Waals surface area contributed by atoms with Gasteiger partial charge in [0, 0.05) is 37.0 Å². The standard InChI is InChI=1S/C26H32N6O3/c1-16-5-8-22(13-23(28-12-11-16)19-14-29-32(4)15-19)35-21-9-6-20(7-10-21)30-24(33)26(25(34)31-27)17(2)18(26)3/h6-7,9-11,13-15,17-18H,5,8,12,27H2,1-4H3,(H,30,33)(H,31,34). The summed E-state index contributed by atoms with van der Waals surface area (Å²) in [5, 5.41) is 7.11. The number of aromatic nitrogens is 2. The molecule has 4 N–H and O–H groups in total. The summed E-state index contributed by atoms with van der Waals surface area (Å²) in [5.41, 5.74) is 4.59. The van der Waals surface area contributed by atoms with Gasteiger partial charge in [0.05, 0.1) is 18.5 Å². The van der Waals surface area contributed by atoms with Crippen LogP contribution < -0.4 is 21.3 Å². The second kappa shape index (κ2) is 9.87. The number of rotatable bonds is 6. The molecule has 0 spiro atoms. The quantitative estimate of drug-likeness (QED) is 0.194. The molecule has 2 heterocycles. The molecule has 1 aliphatic heterocycles. The second-order valence-corrected chi connectivity index (χ2v) is 9.29. The van der Waals surface area contributed by atoms with Crippen molar-refractivity contribution in [2.24, 2.45) is 35.1 Å². The maximum atomic E-state index is 12.9. The van der Waals surface area contributed by atoms with E-state index in [0.717, 1.165) is 29.9 Å². The number of amides is 2. The number of anilines is 1. The molecule has 35 heavy (non-hydrogen) atoms. The zero-order valence-corrected chi connectivity index (χ0v) is 20.5. The first-order valence-electron chi connectivity index (χ1n) is 11.8. The van der Waals surface area contributed by atoms with Crippen molar-refractivity contribution in [2.45, 2.75) is 33.6 Å². The van der Waals surface area contributed by atoms with Gasteiger partial charge in [-0.25, -0.2) is 5.84 Å². The Labute approximate surface area is 205 Å². The lowest BCUT2D eigenvalue weighted by molar-refractivity contribution is -0.135. The number of allylic oxidation sites excluding steroid dienone is 3. The van der Waals surface area contributed by atoms with Gasteiger partial charge in [0.1, 0.15) is 16.9 Å². The molecule has 2 aromatic rings. The van der Waals surface area contributed by atoms with Crippen molar-refractivity contribution in [3.63, 3.8) is 0 Å². The van der Waals surface area contributed by atoms with Crippen molar-refractivity contribution >= 4 is 23.2 Å². The van der Waals surface area contributed by atoms with Crippen LogP contribution in [-0.4, -0.2) is 33.9 Å². The summed E-state index contributed by atoms with van der Waals surface area (Å²) in [4.78, 5) is 30.0. The van der Waals surface area contributed by atoms with E-state index in [1.807, 2.05) is 33.2 Å². The molecule has 9 nitrogen and oxygen atoms in total. The molecule has 184 valence electrons. The van der Waals surface area contributed by atoms with E-state index >= 15 is 0 Å². The van der Waals surface area contributed by atoms with Crippen LogP contribution in [-0.2, 0) is 16.6 Å². The highest BCUT2D eigenvalue weighted by atomic mass is 16.5. The van der Waals surface area contributed by atoms with Gasteiger partial charge in [-0.05, 0) is 49.4 Å². The fourth-order valence-electron chi connectivity index (χ4n) is 4.62. The highest BCUT2D eigenvalue weighted by Crippen LogP contribution is 2.59. The van der Waals surface area contributed by atoms with Crippen LogP contribution in [0.1, 0.15) is 39.2 Å². The molecule has 0 saturated heterocycles. The Balaban J connectivity index is 1.49. The summed E-state index contributed by atoms with van der Waals surface area (Å²) in [6.07, 6.45) is 9.41. The SMILES string of the molecule is CC1=CCN=C(c2cnn(C)c2)C=C(Oc2ccc(NC(=O)C3(C(=O)NN)C(C)C3C)cc2)CC1. The Hall–Kier alpha value is -3.72. The molecule has 1 aromatic heterocycles. The fraction of sp³-hybridized carbons (Fsp3) is 0.385. The van der Waals surface area contributed by atoms with Gasteiger partial charge in [-0.3, -0.25) is 24.7 Å².